The summed E-state index contributed by atoms with van der Waals surface area (Å²) in [4.78, 5) is 12.7. The van der Waals surface area contributed by atoms with Crippen molar-refractivity contribution in [1.82, 2.24) is 5.32 Å². The highest BCUT2D eigenvalue weighted by atomic mass is 16.5. The Morgan fingerprint density at radius 1 is 1.26 bits per heavy atom. The number of hydrogen-bond donors (Lipinski definition) is 2. The summed E-state index contributed by atoms with van der Waals surface area (Å²) < 4.78 is 5.38. The van der Waals surface area contributed by atoms with Crippen LogP contribution < -0.4 is 11.1 Å². The van der Waals surface area contributed by atoms with E-state index in [4.69, 9.17) is 10.5 Å². The van der Waals surface area contributed by atoms with Crippen LogP contribution in [0.25, 0.3) is 0 Å². The minimum atomic E-state index is -0.458. The minimum Gasteiger partial charge on any atom is -0.381 e. The first-order chi connectivity index (χ1) is 10.9. The molecule has 1 aliphatic heterocycles. The Labute approximate surface area is 139 Å². The first-order valence-electron chi connectivity index (χ1n) is 8.59. The number of benzene rings is 1. The van der Waals surface area contributed by atoms with Gasteiger partial charge in [-0.25, -0.2) is 0 Å². The highest BCUT2D eigenvalue weighted by molar-refractivity contribution is 5.83. The summed E-state index contributed by atoms with van der Waals surface area (Å²) in [6.07, 6.45) is 2.46. The maximum Gasteiger partial charge on any atom is 0.227 e. The van der Waals surface area contributed by atoms with Gasteiger partial charge in [0.05, 0.1) is 5.41 Å². The van der Waals surface area contributed by atoms with Crippen molar-refractivity contribution in [1.29, 1.82) is 0 Å². The maximum absolute atomic E-state index is 12.7. The fourth-order valence-corrected chi connectivity index (χ4v) is 3.07. The van der Waals surface area contributed by atoms with E-state index in [0.29, 0.717) is 39.1 Å². The quantitative estimate of drug-likeness (QED) is 0.846. The fraction of sp³-hybridized carbons (Fsp3) is 0.632. The van der Waals surface area contributed by atoms with E-state index >= 15 is 0 Å². The van der Waals surface area contributed by atoms with Crippen LogP contribution in [-0.4, -0.2) is 32.2 Å². The van der Waals surface area contributed by atoms with Crippen LogP contribution in [0.4, 0.5) is 0 Å². The van der Waals surface area contributed by atoms with Gasteiger partial charge in [0.1, 0.15) is 0 Å². The molecule has 1 saturated heterocycles. The number of carbonyl (C=O) groups is 1. The molecule has 0 saturated carbocycles. The summed E-state index contributed by atoms with van der Waals surface area (Å²) in [6, 6.07) is 8.66. The van der Waals surface area contributed by atoms with Gasteiger partial charge < -0.3 is 15.8 Å². The molecule has 0 atom stereocenters. The van der Waals surface area contributed by atoms with Crippen molar-refractivity contribution < 1.29 is 9.53 Å². The number of nitrogens with two attached hydrogens (primary N) is 1. The van der Waals surface area contributed by atoms with Crippen molar-refractivity contribution in [2.75, 3.05) is 26.3 Å². The molecule has 0 radical (unpaired) electrons. The third kappa shape index (κ3) is 4.12. The second-order valence-electron chi connectivity index (χ2n) is 7.21. The number of aryl methyl sites for hydroxylation is 1. The van der Waals surface area contributed by atoms with E-state index in [-0.39, 0.29) is 11.3 Å². The first-order valence-corrected chi connectivity index (χ1v) is 8.59. The third-order valence-corrected chi connectivity index (χ3v) is 5.16. The van der Waals surface area contributed by atoms with Gasteiger partial charge in [-0.05, 0) is 30.4 Å². The summed E-state index contributed by atoms with van der Waals surface area (Å²) in [5.41, 5.74) is 7.91. The Hall–Kier alpha value is -1.39. The molecule has 3 N–H and O–H groups in total. The van der Waals surface area contributed by atoms with Gasteiger partial charge in [0, 0.05) is 31.7 Å². The van der Waals surface area contributed by atoms with Crippen molar-refractivity contribution >= 4 is 5.91 Å². The van der Waals surface area contributed by atoms with E-state index in [1.807, 2.05) is 0 Å². The molecule has 1 heterocycles. The Balaban J connectivity index is 2.00. The van der Waals surface area contributed by atoms with Gasteiger partial charge in [0.15, 0.2) is 0 Å². The molecule has 4 heteroatoms. The van der Waals surface area contributed by atoms with E-state index < -0.39 is 5.41 Å². The molecule has 2 rings (SSSR count). The fourth-order valence-electron chi connectivity index (χ4n) is 3.07. The highest BCUT2D eigenvalue weighted by Gasteiger charge is 2.39. The van der Waals surface area contributed by atoms with E-state index in [2.05, 4.69) is 50.4 Å². The highest BCUT2D eigenvalue weighted by Crippen LogP contribution is 2.30. The summed E-state index contributed by atoms with van der Waals surface area (Å²) in [5.74, 6) is 0.0709. The summed E-state index contributed by atoms with van der Waals surface area (Å²) in [5, 5.41) is 3.14. The van der Waals surface area contributed by atoms with Crippen molar-refractivity contribution in [2.45, 2.75) is 45.4 Å². The summed E-state index contributed by atoms with van der Waals surface area (Å²) >= 11 is 0. The first kappa shape index (κ1) is 18.0. The molecule has 1 amide bonds. The largest absolute Gasteiger partial charge is 0.381 e. The smallest absolute Gasteiger partial charge is 0.227 e. The van der Waals surface area contributed by atoms with Crippen LogP contribution in [-0.2, 0) is 21.4 Å². The van der Waals surface area contributed by atoms with Crippen molar-refractivity contribution in [3.05, 3.63) is 35.4 Å². The third-order valence-electron chi connectivity index (χ3n) is 5.16. The zero-order valence-electron chi connectivity index (χ0n) is 14.7. The molecule has 1 aliphatic rings. The Bertz CT molecular complexity index is 517. The minimum absolute atomic E-state index is 0.0709. The molecule has 1 aromatic carbocycles. The Morgan fingerprint density at radius 3 is 2.39 bits per heavy atom. The molecule has 1 fully saturated rings. The predicted molar refractivity (Wildman–Crippen MR) is 93.4 cm³/mol. The van der Waals surface area contributed by atoms with Gasteiger partial charge in [-0.2, -0.15) is 0 Å². The summed E-state index contributed by atoms with van der Waals surface area (Å²) in [7, 11) is 0. The SMILES string of the molecule is CCc1ccc(C(C)(C)CNC(=O)C2(CN)CCOCC2)cc1. The van der Waals surface area contributed by atoms with E-state index in [1.165, 1.54) is 11.1 Å². The molecule has 0 aliphatic carbocycles. The lowest BCUT2D eigenvalue weighted by Gasteiger charge is -2.36. The van der Waals surface area contributed by atoms with E-state index in [1.54, 1.807) is 0 Å². The number of rotatable bonds is 6. The molecule has 0 bridgehead atoms. The van der Waals surface area contributed by atoms with Crippen LogP contribution in [0.15, 0.2) is 24.3 Å². The number of amides is 1. The lowest BCUT2D eigenvalue weighted by Crippen LogP contribution is -2.51. The Morgan fingerprint density at radius 2 is 1.87 bits per heavy atom. The normalized spacial score (nSPS) is 17.7. The lowest BCUT2D eigenvalue weighted by atomic mass is 9.78. The number of nitrogens with one attached hydrogen (secondary N) is 1. The molecular formula is C19H30N2O2. The maximum atomic E-state index is 12.7. The Kier molecular flexibility index (Phi) is 5.82. The molecule has 0 unspecified atom stereocenters. The number of carbonyl (C=O) groups excluding carboxylic acids is 1. The second-order valence-corrected chi connectivity index (χ2v) is 7.21. The molecule has 1 aromatic rings. The number of hydrogen-bond acceptors (Lipinski definition) is 3. The van der Waals surface area contributed by atoms with Crippen LogP contribution >= 0.6 is 0 Å². The van der Waals surface area contributed by atoms with Gasteiger partial charge in [-0.1, -0.05) is 45.0 Å². The van der Waals surface area contributed by atoms with Gasteiger partial charge >= 0.3 is 0 Å². The van der Waals surface area contributed by atoms with Crippen LogP contribution in [0.3, 0.4) is 0 Å². The molecule has 23 heavy (non-hydrogen) atoms. The molecular weight excluding hydrogens is 288 g/mol. The van der Waals surface area contributed by atoms with Crippen molar-refractivity contribution in [2.24, 2.45) is 11.1 Å². The number of ether oxygens (including phenoxy) is 1. The average molecular weight is 318 g/mol. The van der Waals surface area contributed by atoms with Crippen LogP contribution in [0.5, 0.6) is 0 Å². The summed E-state index contributed by atoms with van der Waals surface area (Å²) in [6.45, 7) is 8.70. The van der Waals surface area contributed by atoms with Gasteiger partial charge in [0.2, 0.25) is 5.91 Å². The van der Waals surface area contributed by atoms with Crippen molar-refractivity contribution in [3.8, 4) is 0 Å². The van der Waals surface area contributed by atoms with Crippen molar-refractivity contribution in [3.63, 3.8) is 0 Å². The standard InChI is InChI=1S/C19H30N2O2/c1-4-15-5-7-16(8-6-15)18(2,3)14-21-17(22)19(13-20)9-11-23-12-10-19/h5-8H,4,9-14,20H2,1-3H3,(H,21,22). The zero-order valence-corrected chi connectivity index (χ0v) is 14.7. The topological polar surface area (TPSA) is 64.4 Å². The lowest BCUT2D eigenvalue weighted by molar-refractivity contribution is -0.136. The average Bonchev–Trinajstić information content (AvgIpc) is 2.60. The van der Waals surface area contributed by atoms with Gasteiger partial charge in [-0.15, -0.1) is 0 Å². The van der Waals surface area contributed by atoms with Crippen LogP contribution in [0, 0.1) is 5.41 Å². The van der Waals surface area contributed by atoms with Gasteiger partial charge in [-0.3, -0.25) is 4.79 Å². The van der Waals surface area contributed by atoms with Crippen LogP contribution in [0.1, 0.15) is 44.7 Å². The molecule has 128 valence electrons. The van der Waals surface area contributed by atoms with E-state index in [0.717, 1.165) is 6.42 Å². The monoisotopic (exact) mass is 318 g/mol. The molecule has 4 nitrogen and oxygen atoms in total. The predicted octanol–water partition coefficient (Wildman–Crippen LogP) is 2.40. The van der Waals surface area contributed by atoms with E-state index in [9.17, 15) is 4.79 Å². The second kappa shape index (κ2) is 7.45. The molecule has 0 aromatic heterocycles. The van der Waals surface area contributed by atoms with Gasteiger partial charge in [0.25, 0.3) is 0 Å². The molecule has 0 spiro atoms. The zero-order chi connectivity index (χ0) is 16.9. The van der Waals surface area contributed by atoms with Crippen LogP contribution in [0.2, 0.25) is 0 Å².